The van der Waals surface area contributed by atoms with Crippen LogP contribution in [-0.2, 0) is 11.3 Å². The molecule has 2 aromatic heterocycles. The predicted octanol–water partition coefficient (Wildman–Crippen LogP) is 5.62. The SMILES string of the molecule is O=c1cc(C(O)C2CCCCO2)occ1OCCCCCCCCn1ccc2ccccc21. The quantitative estimate of drug-likeness (QED) is 0.361. The van der Waals surface area contributed by atoms with E-state index >= 15 is 0 Å². The lowest BCUT2D eigenvalue weighted by Crippen LogP contribution is -2.27. The summed E-state index contributed by atoms with van der Waals surface area (Å²) in [6.45, 7) is 2.19. The number of benzene rings is 1. The molecular formula is C27H35NO5. The molecule has 33 heavy (non-hydrogen) atoms. The fourth-order valence-electron chi connectivity index (χ4n) is 4.48. The van der Waals surface area contributed by atoms with E-state index in [4.69, 9.17) is 13.9 Å². The number of aliphatic hydroxyl groups excluding tert-OH is 1. The van der Waals surface area contributed by atoms with Crippen molar-refractivity contribution in [2.45, 2.75) is 76.5 Å². The van der Waals surface area contributed by atoms with Crippen LogP contribution in [0.25, 0.3) is 10.9 Å². The van der Waals surface area contributed by atoms with Crippen molar-refractivity contribution in [1.82, 2.24) is 4.57 Å². The predicted molar refractivity (Wildman–Crippen MR) is 129 cm³/mol. The van der Waals surface area contributed by atoms with Crippen molar-refractivity contribution >= 4 is 10.9 Å². The standard InChI is InChI=1S/C27H35NO5/c29-23-19-25(27(30)24-13-7-10-18-31-24)33-20-26(23)32-17-9-4-2-1-3-8-15-28-16-14-21-11-5-6-12-22(21)28/h5-6,11-12,14,16,19-20,24,27,30H,1-4,7-10,13,15,17-18H2. The molecule has 2 atom stereocenters. The van der Waals surface area contributed by atoms with E-state index in [-0.39, 0.29) is 23.0 Å². The third-order valence-electron chi connectivity index (χ3n) is 6.41. The minimum atomic E-state index is -0.914. The van der Waals surface area contributed by atoms with Crippen molar-refractivity contribution in [2.75, 3.05) is 13.2 Å². The number of rotatable bonds is 12. The van der Waals surface area contributed by atoms with Gasteiger partial charge in [-0.2, -0.15) is 0 Å². The van der Waals surface area contributed by atoms with Crippen LogP contribution in [0.2, 0.25) is 0 Å². The Bertz CT molecular complexity index is 1050. The first-order chi connectivity index (χ1) is 16.2. The summed E-state index contributed by atoms with van der Waals surface area (Å²) in [5.74, 6) is 0.446. The molecule has 1 N–H and O–H groups in total. The van der Waals surface area contributed by atoms with Gasteiger partial charge in [-0.05, 0) is 49.6 Å². The Balaban J connectivity index is 1.09. The van der Waals surface area contributed by atoms with E-state index in [1.807, 2.05) is 0 Å². The Kier molecular flexibility index (Phi) is 8.61. The van der Waals surface area contributed by atoms with Gasteiger partial charge in [0.2, 0.25) is 11.2 Å². The first-order valence-corrected chi connectivity index (χ1v) is 12.3. The minimum absolute atomic E-state index is 0.203. The third-order valence-corrected chi connectivity index (χ3v) is 6.41. The molecule has 1 fully saturated rings. The fourth-order valence-corrected chi connectivity index (χ4v) is 4.48. The average molecular weight is 454 g/mol. The van der Waals surface area contributed by atoms with Crippen molar-refractivity contribution in [3.05, 3.63) is 64.8 Å². The highest BCUT2D eigenvalue weighted by Gasteiger charge is 2.26. The largest absolute Gasteiger partial charge is 0.487 e. The van der Waals surface area contributed by atoms with Crippen LogP contribution >= 0.6 is 0 Å². The van der Waals surface area contributed by atoms with Gasteiger partial charge in [-0.3, -0.25) is 4.79 Å². The lowest BCUT2D eigenvalue weighted by molar-refractivity contribution is -0.0709. The Morgan fingerprint density at radius 2 is 1.88 bits per heavy atom. The molecule has 0 spiro atoms. The lowest BCUT2D eigenvalue weighted by atomic mass is 10.0. The van der Waals surface area contributed by atoms with Gasteiger partial charge in [0.25, 0.3) is 0 Å². The number of unbranched alkanes of at least 4 members (excludes halogenated alkanes) is 5. The monoisotopic (exact) mass is 453 g/mol. The molecule has 0 amide bonds. The number of aromatic nitrogens is 1. The highest BCUT2D eigenvalue weighted by Crippen LogP contribution is 2.26. The van der Waals surface area contributed by atoms with Gasteiger partial charge in [0.05, 0.1) is 12.7 Å². The summed E-state index contributed by atoms with van der Waals surface area (Å²) in [7, 11) is 0. The maximum absolute atomic E-state index is 12.3. The molecule has 1 aliphatic rings. The summed E-state index contributed by atoms with van der Waals surface area (Å²) < 4.78 is 19.0. The van der Waals surface area contributed by atoms with Crippen molar-refractivity contribution < 1.29 is 19.0 Å². The van der Waals surface area contributed by atoms with E-state index in [1.165, 1.54) is 42.5 Å². The number of aliphatic hydroxyl groups is 1. The number of hydrogen-bond acceptors (Lipinski definition) is 5. The molecule has 0 aliphatic carbocycles. The molecule has 3 aromatic rings. The first kappa shape index (κ1) is 23.6. The smallest absolute Gasteiger partial charge is 0.227 e. The van der Waals surface area contributed by atoms with Crippen LogP contribution in [0.15, 0.2) is 58.1 Å². The Morgan fingerprint density at radius 3 is 2.70 bits per heavy atom. The maximum Gasteiger partial charge on any atom is 0.227 e. The molecule has 1 saturated heterocycles. The molecular weight excluding hydrogens is 418 g/mol. The second-order valence-corrected chi connectivity index (χ2v) is 8.90. The van der Waals surface area contributed by atoms with Gasteiger partial charge in [0.1, 0.15) is 18.1 Å². The number of fused-ring (bicyclic) bond motifs is 1. The molecule has 0 saturated carbocycles. The average Bonchev–Trinajstić information content (AvgIpc) is 3.27. The van der Waals surface area contributed by atoms with Gasteiger partial charge in [0.15, 0.2) is 0 Å². The zero-order valence-corrected chi connectivity index (χ0v) is 19.3. The normalized spacial score (nSPS) is 17.3. The number of aryl methyl sites for hydroxylation is 1. The van der Waals surface area contributed by atoms with Crippen molar-refractivity contribution in [2.24, 2.45) is 0 Å². The Morgan fingerprint density at radius 1 is 1.06 bits per heavy atom. The first-order valence-electron chi connectivity index (χ1n) is 12.3. The van der Waals surface area contributed by atoms with Crippen LogP contribution < -0.4 is 10.2 Å². The van der Waals surface area contributed by atoms with E-state index in [0.29, 0.717) is 13.2 Å². The molecule has 4 rings (SSSR count). The summed E-state index contributed by atoms with van der Waals surface area (Å²) in [5, 5.41) is 11.7. The van der Waals surface area contributed by atoms with E-state index < -0.39 is 6.10 Å². The van der Waals surface area contributed by atoms with Gasteiger partial charge >= 0.3 is 0 Å². The molecule has 1 aromatic carbocycles. The molecule has 2 unspecified atom stereocenters. The molecule has 0 bridgehead atoms. The molecule has 3 heterocycles. The summed E-state index contributed by atoms with van der Waals surface area (Å²) in [5.41, 5.74) is 1.05. The third kappa shape index (κ3) is 6.49. The molecule has 6 nitrogen and oxygen atoms in total. The van der Waals surface area contributed by atoms with Gasteiger partial charge in [-0.25, -0.2) is 0 Å². The van der Waals surface area contributed by atoms with Gasteiger partial charge in [-0.1, -0.05) is 43.9 Å². The lowest BCUT2D eigenvalue weighted by Gasteiger charge is -2.26. The number of ether oxygens (including phenoxy) is 2. The zero-order valence-electron chi connectivity index (χ0n) is 19.3. The van der Waals surface area contributed by atoms with Crippen LogP contribution in [0, 0.1) is 0 Å². The van der Waals surface area contributed by atoms with E-state index in [0.717, 1.165) is 45.1 Å². The second-order valence-electron chi connectivity index (χ2n) is 8.90. The van der Waals surface area contributed by atoms with Gasteiger partial charge in [-0.15, -0.1) is 0 Å². The number of nitrogens with zero attached hydrogens (tertiary/aromatic N) is 1. The van der Waals surface area contributed by atoms with Crippen molar-refractivity contribution in [1.29, 1.82) is 0 Å². The van der Waals surface area contributed by atoms with Crippen LogP contribution in [0.5, 0.6) is 5.75 Å². The van der Waals surface area contributed by atoms with Gasteiger partial charge < -0.3 is 23.6 Å². The number of para-hydroxylation sites is 1. The maximum atomic E-state index is 12.3. The molecule has 178 valence electrons. The Hall–Kier alpha value is -2.57. The Labute approximate surface area is 195 Å². The van der Waals surface area contributed by atoms with Crippen molar-refractivity contribution in [3.8, 4) is 5.75 Å². The summed E-state index contributed by atoms with van der Waals surface area (Å²) in [6.07, 6.45) is 11.8. The van der Waals surface area contributed by atoms with E-state index in [9.17, 15) is 9.90 Å². The summed E-state index contributed by atoms with van der Waals surface area (Å²) in [6, 6.07) is 12.0. The van der Waals surface area contributed by atoms with Crippen molar-refractivity contribution in [3.63, 3.8) is 0 Å². The van der Waals surface area contributed by atoms with Crippen LogP contribution in [0.1, 0.15) is 69.7 Å². The summed E-state index contributed by atoms with van der Waals surface area (Å²) >= 11 is 0. The van der Waals surface area contributed by atoms with Crippen LogP contribution in [-0.4, -0.2) is 29.0 Å². The zero-order chi connectivity index (χ0) is 22.9. The van der Waals surface area contributed by atoms with Crippen LogP contribution in [0.4, 0.5) is 0 Å². The highest BCUT2D eigenvalue weighted by atomic mass is 16.5. The topological polar surface area (TPSA) is 73.8 Å². The summed E-state index contributed by atoms with van der Waals surface area (Å²) in [4.78, 5) is 12.3. The minimum Gasteiger partial charge on any atom is -0.487 e. The molecule has 1 aliphatic heterocycles. The van der Waals surface area contributed by atoms with Gasteiger partial charge in [0, 0.05) is 30.9 Å². The number of hydrogen-bond donors (Lipinski definition) is 1. The molecule has 6 heteroatoms. The van der Waals surface area contributed by atoms with E-state index in [2.05, 4.69) is 41.1 Å². The highest BCUT2D eigenvalue weighted by molar-refractivity contribution is 5.79. The second kappa shape index (κ2) is 12.1. The van der Waals surface area contributed by atoms with E-state index in [1.54, 1.807) is 0 Å². The van der Waals surface area contributed by atoms with Crippen LogP contribution in [0.3, 0.4) is 0 Å². The fraction of sp³-hybridized carbons (Fsp3) is 0.519. The molecule has 0 radical (unpaired) electrons.